The fraction of sp³-hybridized carbons (Fsp3) is 0.0526. The maximum absolute atomic E-state index is 7.06. The molecular weight excluding hydrogens is 1200 g/mol. The predicted molar refractivity (Wildman–Crippen MR) is 404 cm³/mol. The molecule has 0 fully saturated rings. The minimum atomic E-state index is -0.702. The van der Waals surface area contributed by atoms with E-state index in [1.807, 2.05) is 6.07 Å². The third kappa shape index (κ3) is 6.69. The average Bonchev–Trinajstić information content (AvgIpc) is 1.49. The molecule has 0 saturated heterocycles. The fourth-order valence-corrected chi connectivity index (χ4v) is 19.4. The standard InChI is InChI=1S/C95H57NO3/c1-93(2)78-49-58(42-45-67(78)88-82(93)51-70(92-91(88)69-28-12-19-35-85(69)99-92)56-38-43-66-65-26-10-17-33-83(65)98-87(66)48-56)96(57-39-36-55(37-40-57)54-20-4-3-5-21-54)59-41-44-64-71-52-81-72(53-80(71)95(79(64)50-59)75-31-15-8-24-62(75)63-25-9-16-32-76(63)95)89-77(46-47-86-90(89)68-27-11-18-34-84(68)97-86)94(81)73-29-13-6-22-60(73)61-23-7-14-30-74(61)94/h3-53H,1-2H3. The zero-order chi connectivity index (χ0) is 64.8. The molecule has 0 atom stereocenters. The number of hydrogen-bond donors (Lipinski definition) is 0. The van der Waals surface area contributed by atoms with Crippen LogP contribution in [0.3, 0.4) is 0 Å². The second-order valence-corrected chi connectivity index (χ2v) is 28.4. The van der Waals surface area contributed by atoms with Crippen LogP contribution < -0.4 is 4.90 Å². The number of rotatable bonds is 5. The number of anilines is 3. The first-order valence-electron chi connectivity index (χ1n) is 34.5. The van der Waals surface area contributed by atoms with Gasteiger partial charge in [0.15, 0.2) is 0 Å². The summed E-state index contributed by atoms with van der Waals surface area (Å²) in [6.07, 6.45) is 0. The summed E-state index contributed by atoms with van der Waals surface area (Å²) < 4.78 is 20.5. The molecular formula is C95H57NO3. The van der Waals surface area contributed by atoms with Gasteiger partial charge in [-0.15, -0.1) is 0 Å². The largest absolute Gasteiger partial charge is 0.456 e. The van der Waals surface area contributed by atoms with Crippen molar-refractivity contribution in [3.8, 4) is 77.9 Å². The summed E-state index contributed by atoms with van der Waals surface area (Å²) in [7, 11) is 0. The molecule has 0 saturated carbocycles. The van der Waals surface area contributed by atoms with Crippen LogP contribution in [0.25, 0.3) is 144 Å². The lowest BCUT2D eigenvalue weighted by molar-refractivity contribution is 0.657. The Morgan fingerprint density at radius 1 is 0.232 bits per heavy atom. The molecule has 0 bridgehead atoms. The molecule has 15 aromatic carbocycles. The van der Waals surface area contributed by atoms with Crippen LogP contribution in [-0.2, 0) is 16.2 Å². The molecule has 460 valence electrons. The molecule has 0 unspecified atom stereocenters. The van der Waals surface area contributed by atoms with Crippen molar-refractivity contribution in [2.45, 2.75) is 30.1 Å². The van der Waals surface area contributed by atoms with Gasteiger partial charge in [0.25, 0.3) is 0 Å². The molecule has 0 aliphatic heterocycles. The Labute approximate surface area is 570 Å². The summed E-state index contributed by atoms with van der Waals surface area (Å²) in [6.45, 7) is 4.82. The third-order valence-corrected chi connectivity index (χ3v) is 23.5. The molecule has 5 aliphatic carbocycles. The molecule has 3 aromatic heterocycles. The van der Waals surface area contributed by atoms with Crippen LogP contribution in [0.2, 0.25) is 0 Å². The van der Waals surface area contributed by atoms with Crippen molar-refractivity contribution in [1.82, 2.24) is 0 Å². The van der Waals surface area contributed by atoms with Gasteiger partial charge in [-0.05, 0) is 219 Å². The maximum Gasteiger partial charge on any atom is 0.143 e. The van der Waals surface area contributed by atoms with Crippen molar-refractivity contribution in [1.29, 1.82) is 0 Å². The zero-order valence-electron chi connectivity index (χ0n) is 54.1. The zero-order valence-corrected chi connectivity index (χ0v) is 54.1. The quantitative estimate of drug-likeness (QED) is 0.172. The molecule has 0 N–H and O–H groups in total. The van der Waals surface area contributed by atoms with E-state index in [0.717, 1.165) is 88.6 Å². The normalized spacial score (nSPS) is 14.6. The summed E-state index contributed by atoms with van der Waals surface area (Å²) in [5.41, 5.74) is 36.7. The Balaban J connectivity index is 0.768. The van der Waals surface area contributed by atoms with E-state index in [-0.39, 0.29) is 0 Å². The third-order valence-electron chi connectivity index (χ3n) is 23.5. The Morgan fingerprint density at radius 2 is 0.677 bits per heavy atom. The van der Waals surface area contributed by atoms with Crippen molar-refractivity contribution in [2.24, 2.45) is 0 Å². The van der Waals surface area contributed by atoms with Crippen molar-refractivity contribution < 1.29 is 13.3 Å². The molecule has 2 spiro atoms. The van der Waals surface area contributed by atoms with Crippen LogP contribution in [0.4, 0.5) is 17.1 Å². The van der Waals surface area contributed by atoms with E-state index < -0.39 is 16.2 Å². The van der Waals surface area contributed by atoms with Gasteiger partial charge in [0.2, 0.25) is 0 Å². The second kappa shape index (κ2) is 18.9. The highest BCUT2D eigenvalue weighted by atomic mass is 16.3. The van der Waals surface area contributed by atoms with Gasteiger partial charge in [-0.2, -0.15) is 0 Å². The summed E-state index contributed by atoms with van der Waals surface area (Å²) in [6, 6.07) is 116. The van der Waals surface area contributed by atoms with Crippen LogP contribution in [0.5, 0.6) is 0 Å². The number of hydrogen-bond acceptors (Lipinski definition) is 4. The van der Waals surface area contributed by atoms with Crippen molar-refractivity contribution in [3.05, 3.63) is 365 Å². The Kier molecular flexibility index (Phi) is 10.3. The lowest BCUT2D eigenvalue weighted by atomic mass is 9.68. The van der Waals surface area contributed by atoms with Gasteiger partial charge in [-0.3, -0.25) is 0 Å². The summed E-state index contributed by atoms with van der Waals surface area (Å²) in [5.74, 6) is 0. The van der Waals surface area contributed by atoms with Gasteiger partial charge in [-0.25, -0.2) is 0 Å². The van der Waals surface area contributed by atoms with Gasteiger partial charge in [-0.1, -0.05) is 232 Å². The molecule has 23 rings (SSSR count). The van der Waals surface area contributed by atoms with E-state index in [1.165, 1.54) is 128 Å². The summed E-state index contributed by atoms with van der Waals surface area (Å²) in [4.78, 5) is 2.52. The Bertz CT molecular complexity index is 6560. The first kappa shape index (κ1) is 53.7. The number of nitrogens with zero attached hydrogens (tertiary/aromatic N) is 1. The Hall–Kier alpha value is -12.5. The van der Waals surface area contributed by atoms with Gasteiger partial charge >= 0.3 is 0 Å². The minimum absolute atomic E-state index is 0.430. The molecule has 99 heavy (non-hydrogen) atoms. The van der Waals surface area contributed by atoms with Crippen LogP contribution in [0, 0.1) is 0 Å². The SMILES string of the molecule is CC1(C)c2cc(N(c3ccc(-c4ccccc4)cc3)c3ccc4c(c3)C3(c5ccccc5-c5ccccc53)c3cc5c(cc3-4)C3(c4ccccc4-c4ccccc43)c3ccc4oc6ccccc6c4c3-5)ccc2-c2c1cc(-c1ccc3c(c1)oc1ccccc13)c1oc3ccccc3c21. The monoisotopic (exact) mass is 1260 g/mol. The molecule has 18 aromatic rings. The second-order valence-electron chi connectivity index (χ2n) is 28.4. The summed E-state index contributed by atoms with van der Waals surface area (Å²) >= 11 is 0. The van der Waals surface area contributed by atoms with Gasteiger partial charge in [0, 0.05) is 60.4 Å². The van der Waals surface area contributed by atoms with E-state index in [0.29, 0.717) is 0 Å². The maximum atomic E-state index is 7.06. The van der Waals surface area contributed by atoms with Crippen molar-refractivity contribution in [2.75, 3.05) is 4.90 Å². The van der Waals surface area contributed by atoms with Crippen molar-refractivity contribution in [3.63, 3.8) is 0 Å². The Morgan fingerprint density at radius 3 is 1.34 bits per heavy atom. The lowest BCUT2D eigenvalue weighted by Crippen LogP contribution is -2.27. The van der Waals surface area contributed by atoms with E-state index >= 15 is 0 Å². The van der Waals surface area contributed by atoms with Crippen molar-refractivity contribution >= 4 is 82.9 Å². The van der Waals surface area contributed by atoms with E-state index in [9.17, 15) is 0 Å². The molecule has 5 aliphatic rings. The van der Waals surface area contributed by atoms with E-state index in [4.69, 9.17) is 13.3 Å². The first-order chi connectivity index (χ1) is 48.8. The number of furan rings is 3. The van der Waals surface area contributed by atoms with Gasteiger partial charge in [0.1, 0.15) is 33.5 Å². The van der Waals surface area contributed by atoms with E-state index in [1.54, 1.807) is 0 Å². The predicted octanol–water partition coefficient (Wildman–Crippen LogP) is 25.2. The van der Waals surface area contributed by atoms with E-state index in [2.05, 4.69) is 322 Å². The fourth-order valence-electron chi connectivity index (χ4n) is 19.4. The van der Waals surface area contributed by atoms with Gasteiger partial charge < -0.3 is 18.2 Å². The lowest BCUT2D eigenvalue weighted by Gasteiger charge is -2.33. The van der Waals surface area contributed by atoms with Crippen LogP contribution in [0.1, 0.15) is 69.5 Å². The average molecular weight is 1260 g/mol. The van der Waals surface area contributed by atoms with Crippen LogP contribution >= 0.6 is 0 Å². The topological polar surface area (TPSA) is 42.7 Å². The van der Waals surface area contributed by atoms with Crippen LogP contribution in [0.15, 0.2) is 323 Å². The molecule has 4 nitrogen and oxygen atoms in total. The number of fused-ring (bicyclic) bond motifs is 34. The highest BCUT2D eigenvalue weighted by molar-refractivity contribution is 6.20. The number of benzene rings is 15. The molecule has 3 heterocycles. The first-order valence-corrected chi connectivity index (χ1v) is 34.5. The smallest absolute Gasteiger partial charge is 0.143 e. The molecule has 0 amide bonds. The van der Waals surface area contributed by atoms with Crippen LogP contribution in [-0.4, -0.2) is 0 Å². The highest BCUT2D eigenvalue weighted by Crippen LogP contribution is 2.70. The summed E-state index contributed by atoms with van der Waals surface area (Å²) in [5, 5.41) is 6.77. The minimum Gasteiger partial charge on any atom is -0.456 e. The highest BCUT2D eigenvalue weighted by Gasteiger charge is 2.57. The van der Waals surface area contributed by atoms with Gasteiger partial charge in [0.05, 0.1) is 10.8 Å². The molecule has 0 radical (unpaired) electrons. The molecule has 4 heteroatoms. The number of para-hydroxylation sites is 3.